The first-order chi connectivity index (χ1) is 11.8. The first kappa shape index (κ1) is 17.4. The summed E-state index contributed by atoms with van der Waals surface area (Å²) >= 11 is 0. The summed E-state index contributed by atoms with van der Waals surface area (Å²) in [6.45, 7) is 7.27. The van der Waals surface area contributed by atoms with Crippen LogP contribution in [0.1, 0.15) is 49.4 Å². The van der Waals surface area contributed by atoms with E-state index in [-0.39, 0.29) is 5.78 Å². The quantitative estimate of drug-likeness (QED) is 0.714. The summed E-state index contributed by atoms with van der Waals surface area (Å²) in [5.74, 6) is 1.01. The fourth-order valence-electron chi connectivity index (χ4n) is 3.14. The lowest BCUT2D eigenvalue weighted by molar-refractivity contribution is 0.0810. The average Bonchev–Trinajstić information content (AvgIpc) is 2.91. The third-order valence-corrected chi connectivity index (χ3v) is 4.28. The minimum atomic E-state index is -0.721. The van der Waals surface area contributed by atoms with Gasteiger partial charge in [0.2, 0.25) is 0 Å². The molecule has 0 aliphatic carbocycles. The number of carbonyl (C=O) groups is 1. The number of benzene rings is 2. The van der Waals surface area contributed by atoms with E-state index in [1.807, 2.05) is 44.2 Å². The summed E-state index contributed by atoms with van der Waals surface area (Å²) < 4.78 is 2.13. The summed E-state index contributed by atoms with van der Waals surface area (Å²) in [7, 11) is 0. The van der Waals surface area contributed by atoms with Crippen molar-refractivity contribution in [2.24, 2.45) is 0 Å². The van der Waals surface area contributed by atoms with E-state index in [0.717, 1.165) is 34.5 Å². The molecular weight excluding hydrogens is 312 g/mol. The molecule has 1 heterocycles. The Morgan fingerprint density at radius 3 is 2.40 bits per heavy atom. The first-order valence-corrected chi connectivity index (χ1v) is 8.62. The number of rotatable bonds is 5. The maximum absolute atomic E-state index is 11.6. The lowest BCUT2D eigenvalue weighted by atomic mass is 9.98. The van der Waals surface area contributed by atoms with Gasteiger partial charge in [0.25, 0.3) is 0 Å². The van der Waals surface area contributed by atoms with Crippen molar-refractivity contribution in [2.75, 3.05) is 0 Å². The molecule has 0 atom stereocenters. The smallest absolute Gasteiger partial charge is 0.159 e. The second-order valence-electron chi connectivity index (χ2n) is 7.13. The van der Waals surface area contributed by atoms with Crippen molar-refractivity contribution in [2.45, 2.75) is 46.1 Å². The Balaban J connectivity index is 2.06. The molecule has 25 heavy (non-hydrogen) atoms. The predicted octanol–water partition coefficient (Wildman–Crippen LogP) is 4.10. The van der Waals surface area contributed by atoms with Crippen molar-refractivity contribution in [3.63, 3.8) is 0 Å². The van der Waals surface area contributed by atoms with E-state index in [9.17, 15) is 9.90 Å². The zero-order valence-electron chi connectivity index (χ0n) is 15.2. The molecule has 0 radical (unpaired) electrons. The zero-order chi connectivity index (χ0) is 18.2. The summed E-state index contributed by atoms with van der Waals surface area (Å²) in [5, 5.41) is 9.98. The number of aromatic nitrogens is 2. The van der Waals surface area contributed by atoms with E-state index in [2.05, 4.69) is 23.6 Å². The van der Waals surface area contributed by atoms with Gasteiger partial charge in [0.05, 0.1) is 16.6 Å². The summed E-state index contributed by atoms with van der Waals surface area (Å²) in [5.41, 5.74) is 3.93. The first-order valence-electron chi connectivity index (χ1n) is 8.62. The summed E-state index contributed by atoms with van der Waals surface area (Å²) in [4.78, 5) is 16.3. The molecule has 0 fully saturated rings. The maximum atomic E-state index is 11.6. The van der Waals surface area contributed by atoms with Crippen LogP contribution < -0.4 is 0 Å². The lowest BCUT2D eigenvalue weighted by Gasteiger charge is -2.17. The molecule has 0 aliphatic rings. The van der Waals surface area contributed by atoms with Crippen molar-refractivity contribution < 1.29 is 9.90 Å². The zero-order valence-corrected chi connectivity index (χ0v) is 15.2. The highest BCUT2D eigenvalue weighted by molar-refractivity contribution is 5.97. The highest BCUT2D eigenvalue weighted by atomic mass is 16.3. The Labute approximate surface area is 148 Å². The summed E-state index contributed by atoms with van der Waals surface area (Å²) in [6.07, 6.45) is 1.41. The number of nitrogens with zero attached hydrogens (tertiary/aromatic N) is 2. The summed E-state index contributed by atoms with van der Waals surface area (Å²) in [6, 6.07) is 13.9. The number of hydrogen-bond acceptors (Lipinski definition) is 3. The van der Waals surface area contributed by atoms with Crippen LogP contribution in [-0.2, 0) is 12.8 Å². The van der Waals surface area contributed by atoms with Crippen LogP contribution in [0.4, 0.5) is 0 Å². The number of aliphatic hydroxyl groups is 1. The molecule has 4 nitrogen and oxygen atoms in total. The Hall–Kier alpha value is -2.46. The van der Waals surface area contributed by atoms with Gasteiger partial charge in [-0.15, -0.1) is 0 Å². The molecule has 1 aromatic heterocycles. The number of Topliss-reactive ketones (excluding diaryl/α,β-unsaturated/α-hetero) is 1. The third kappa shape index (κ3) is 3.64. The molecular formula is C21H24N2O2. The predicted molar refractivity (Wildman–Crippen MR) is 100 cm³/mol. The van der Waals surface area contributed by atoms with Gasteiger partial charge in [-0.25, -0.2) is 4.98 Å². The highest BCUT2D eigenvalue weighted by Gasteiger charge is 2.15. The fraction of sp³-hybridized carbons (Fsp3) is 0.333. The van der Waals surface area contributed by atoms with Crippen LogP contribution in [0, 0.1) is 0 Å². The standard InChI is InChI=1S/C21H24N2O2/c1-5-20-22-18-12-16(14(2)24)8-11-19(18)23(20)17-9-6-15(7-10-17)13-21(3,4)25/h6-12,25H,5,13H2,1-4H3. The Kier molecular flexibility index (Phi) is 4.48. The number of aryl methyl sites for hydroxylation is 1. The number of carbonyl (C=O) groups excluding carboxylic acids is 1. The third-order valence-electron chi connectivity index (χ3n) is 4.28. The van der Waals surface area contributed by atoms with Crippen LogP contribution in [0.25, 0.3) is 16.7 Å². The Morgan fingerprint density at radius 2 is 1.84 bits per heavy atom. The fourth-order valence-corrected chi connectivity index (χ4v) is 3.14. The second kappa shape index (κ2) is 6.45. The molecule has 0 saturated heterocycles. The van der Waals surface area contributed by atoms with Gasteiger partial charge in [-0.2, -0.15) is 0 Å². The molecule has 4 heteroatoms. The van der Waals surface area contributed by atoms with Gasteiger partial charge in [-0.1, -0.05) is 19.1 Å². The van der Waals surface area contributed by atoms with Crippen molar-refractivity contribution in [3.8, 4) is 5.69 Å². The largest absolute Gasteiger partial charge is 0.390 e. The molecule has 2 aromatic carbocycles. The minimum Gasteiger partial charge on any atom is -0.390 e. The van der Waals surface area contributed by atoms with Gasteiger partial charge < -0.3 is 5.11 Å². The number of hydrogen-bond donors (Lipinski definition) is 1. The van der Waals surface area contributed by atoms with E-state index in [0.29, 0.717) is 12.0 Å². The van der Waals surface area contributed by atoms with Crippen LogP contribution in [0.5, 0.6) is 0 Å². The molecule has 0 unspecified atom stereocenters. The molecule has 0 saturated carbocycles. The number of ketones is 1. The van der Waals surface area contributed by atoms with Crippen LogP contribution in [0.2, 0.25) is 0 Å². The van der Waals surface area contributed by atoms with Crippen molar-refractivity contribution in [3.05, 3.63) is 59.4 Å². The maximum Gasteiger partial charge on any atom is 0.159 e. The van der Waals surface area contributed by atoms with E-state index < -0.39 is 5.60 Å². The SMILES string of the molecule is CCc1nc2cc(C(C)=O)ccc2n1-c1ccc(CC(C)(C)O)cc1. The van der Waals surface area contributed by atoms with Crippen LogP contribution >= 0.6 is 0 Å². The van der Waals surface area contributed by atoms with Crippen LogP contribution in [0.15, 0.2) is 42.5 Å². The van der Waals surface area contributed by atoms with Gasteiger partial charge in [-0.3, -0.25) is 9.36 Å². The van der Waals surface area contributed by atoms with E-state index in [1.165, 1.54) is 0 Å². The molecule has 0 bridgehead atoms. The van der Waals surface area contributed by atoms with E-state index in [1.54, 1.807) is 6.92 Å². The molecule has 130 valence electrons. The Bertz CT molecular complexity index is 915. The lowest BCUT2D eigenvalue weighted by Crippen LogP contribution is -2.21. The van der Waals surface area contributed by atoms with E-state index in [4.69, 9.17) is 4.98 Å². The van der Waals surface area contributed by atoms with Gasteiger partial charge in [-0.05, 0) is 56.7 Å². The van der Waals surface area contributed by atoms with Crippen LogP contribution in [-0.4, -0.2) is 26.0 Å². The average molecular weight is 336 g/mol. The van der Waals surface area contributed by atoms with Gasteiger partial charge in [0, 0.05) is 24.1 Å². The van der Waals surface area contributed by atoms with Gasteiger partial charge in [0.15, 0.2) is 5.78 Å². The van der Waals surface area contributed by atoms with Gasteiger partial charge >= 0.3 is 0 Å². The van der Waals surface area contributed by atoms with Crippen molar-refractivity contribution in [1.29, 1.82) is 0 Å². The highest BCUT2D eigenvalue weighted by Crippen LogP contribution is 2.24. The number of imidazole rings is 1. The monoisotopic (exact) mass is 336 g/mol. The topological polar surface area (TPSA) is 55.1 Å². The minimum absolute atomic E-state index is 0.0467. The van der Waals surface area contributed by atoms with Crippen LogP contribution in [0.3, 0.4) is 0 Å². The normalized spacial score (nSPS) is 11.9. The van der Waals surface area contributed by atoms with Gasteiger partial charge in [0.1, 0.15) is 5.82 Å². The number of fused-ring (bicyclic) bond motifs is 1. The molecule has 0 spiro atoms. The molecule has 1 N–H and O–H groups in total. The van der Waals surface area contributed by atoms with Crippen molar-refractivity contribution in [1.82, 2.24) is 9.55 Å². The Morgan fingerprint density at radius 1 is 1.16 bits per heavy atom. The second-order valence-corrected chi connectivity index (χ2v) is 7.13. The van der Waals surface area contributed by atoms with E-state index >= 15 is 0 Å². The molecule has 0 amide bonds. The molecule has 3 aromatic rings. The van der Waals surface area contributed by atoms with Crippen molar-refractivity contribution >= 4 is 16.8 Å². The molecule has 3 rings (SSSR count). The molecule has 0 aliphatic heterocycles.